The lowest BCUT2D eigenvalue weighted by molar-refractivity contribution is -0.116. The van der Waals surface area contributed by atoms with E-state index in [-0.39, 0.29) is 18.0 Å². The van der Waals surface area contributed by atoms with Crippen LogP contribution in [0.25, 0.3) is 32.0 Å². The molecule has 1 amide bonds. The number of fused-ring (bicyclic) bond motifs is 1. The van der Waals surface area contributed by atoms with Gasteiger partial charge in [0.05, 0.1) is 22.2 Å². The molecule has 3 aromatic carbocycles. The highest BCUT2D eigenvalue weighted by Gasteiger charge is 2.10. The number of nitrogens with one attached hydrogen (secondary N) is 1. The second-order valence-electron chi connectivity index (χ2n) is 7.86. The molecule has 0 fully saturated rings. The Kier molecular flexibility index (Phi) is 5.96. The first-order valence-corrected chi connectivity index (χ1v) is 11.7. The molecule has 2 heterocycles. The van der Waals surface area contributed by atoms with Gasteiger partial charge in [0.25, 0.3) is 5.56 Å². The molecule has 0 aliphatic carbocycles. The maximum absolute atomic E-state index is 12.5. The monoisotopic (exact) mass is 486 g/mol. The van der Waals surface area contributed by atoms with Gasteiger partial charge >= 0.3 is 0 Å². The first-order chi connectivity index (χ1) is 16.4. The average molecular weight is 487 g/mol. The summed E-state index contributed by atoms with van der Waals surface area (Å²) in [5.74, 6) is -0.314. The van der Waals surface area contributed by atoms with E-state index >= 15 is 0 Å². The number of benzene rings is 3. The Morgan fingerprint density at radius 3 is 2.47 bits per heavy atom. The maximum atomic E-state index is 12.5. The minimum atomic E-state index is -0.314. The number of aromatic nitrogens is 3. The standard InChI is InChI=1S/C26H19ClN4O2S/c1-16-2-11-21-23(12-16)34-26(30-21)18-5-9-20(10-6-18)29-24(32)14-31-15-28-22(13-25(31)33)17-3-7-19(27)8-4-17/h2-13,15H,14H2,1H3,(H,29,32). The lowest BCUT2D eigenvalue weighted by Gasteiger charge is -2.08. The minimum absolute atomic E-state index is 0.133. The maximum Gasteiger partial charge on any atom is 0.254 e. The number of carbonyl (C=O) groups excluding carboxylic acids is 1. The number of rotatable bonds is 5. The molecule has 2 aromatic heterocycles. The molecule has 0 radical (unpaired) electrons. The number of hydrogen-bond donors (Lipinski definition) is 1. The Morgan fingerprint density at radius 1 is 1.00 bits per heavy atom. The highest BCUT2D eigenvalue weighted by molar-refractivity contribution is 7.21. The molecule has 34 heavy (non-hydrogen) atoms. The Balaban J connectivity index is 1.26. The number of carbonyl (C=O) groups is 1. The fourth-order valence-electron chi connectivity index (χ4n) is 3.53. The van der Waals surface area contributed by atoms with Gasteiger partial charge in [-0.3, -0.25) is 14.2 Å². The number of aryl methyl sites for hydroxylation is 1. The Hall–Kier alpha value is -3.81. The van der Waals surface area contributed by atoms with Crippen LogP contribution in [0.15, 0.2) is 83.9 Å². The molecule has 5 rings (SSSR count). The van der Waals surface area contributed by atoms with E-state index in [1.807, 2.05) is 30.3 Å². The second kappa shape index (κ2) is 9.21. The van der Waals surface area contributed by atoms with E-state index in [0.29, 0.717) is 16.4 Å². The summed E-state index contributed by atoms with van der Waals surface area (Å²) in [5.41, 5.74) is 4.80. The molecule has 0 unspecified atom stereocenters. The van der Waals surface area contributed by atoms with E-state index < -0.39 is 0 Å². The first-order valence-electron chi connectivity index (χ1n) is 10.5. The molecule has 8 heteroatoms. The van der Waals surface area contributed by atoms with E-state index in [4.69, 9.17) is 16.6 Å². The van der Waals surface area contributed by atoms with Crippen molar-refractivity contribution in [3.8, 4) is 21.8 Å². The van der Waals surface area contributed by atoms with Crippen LogP contribution in [0.3, 0.4) is 0 Å². The molecular weight excluding hydrogens is 468 g/mol. The number of amides is 1. The Labute approximate surface area is 204 Å². The summed E-state index contributed by atoms with van der Waals surface area (Å²) < 4.78 is 2.42. The fraction of sp³-hybridized carbons (Fsp3) is 0.0769. The third-order valence-electron chi connectivity index (χ3n) is 5.29. The van der Waals surface area contributed by atoms with Crippen LogP contribution in [0.4, 0.5) is 5.69 Å². The number of nitrogens with zero attached hydrogens (tertiary/aromatic N) is 3. The summed E-state index contributed by atoms with van der Waals surface area (Å²) in [6.07, 6.45) is 1.38. The summed E-state index contributed by atoms with van der Waals surface area (Å²) in [7, 11) is 0. The van der Waals surface area contributed by atoms with Crippen LogP contribution in [0, 0.1) is 6.92 Å². The molecule has 5 aromatic rings. The van der Waals surface area contributed by atoms with Gasteiger partial charge in [0.1, 0.15) is 11.6 Å². The van der Waals surface area contributed by atoms with Crippen molar-refractivity contribution in [2.45, 2.75) is 13.5 Å². The van der Waals surface area contributed by atoms with Crippen molar-refractivity contribution in [1.29, 1.82) is 0 Å². The van der Waals surface area contributed by atoms with E-state index in [9.17, 15) is 9.59 Å². The topological polar surface area (TPSA) is 76.9 Å². The zero-order chi connectivity index (χ0) is 23.7. The molecule has 0 spiro atoms. The van der Waals surface area contributed by atoms with E-state index in [2.05, 4.69) is 29.4 Å². The summed E-state index contributed by atoms with van der Waals surface area (Å²) in [5, 5.41) is 4.36. The van der Waals surface area contributed by atoms with Crippen molar-refractivity contribution < 1.29 is 4.79 Å². The summed E-state index contributed by atoms with van der Waals surface area (Å²) in [6.45, 7) is 1.93. The summed E-state index contributed by atoms with van der Waals surface area (Å²) in [4.78, 5) is 34.0. The lowest BCUT2D eigenvalue weighted by Crippen LogP contribution is -2.27. The minimum Gasteiger partial charge on any atom is -0.325 e. The highest BCUT2D eigenvalue weighted by atomic mass is 35.5. The number of anilines is 1. The van der Waals surface area contributed by atoms with E-state index in [0.717, 1.165) is 26.4 Å². The molecule has 0 aliphatic heterocycles. The Bertz CT molecular complexity index is 1560. The van der Waals surface area contributed by atoms with Crippen LogP contribution in [0.1, 0.15) is 5.56 Å². The van der Waals surface area contributed by atoms with Gasteiger partial charge in [-0.25, -0.2) is 9.97 Å². The van der Waals surface area contributed by atoms with Crippen molar-refractivity contribution in [1.82, 2.24) is 14.5 Å². The van der Waals surface area contributed by atoms with E-state index in [1.165, 1.54) is 22.5 Å². The number of halogens is 1. The molecule has 0 saturated carbocycles. The molecule has 1 N–H and O–H groups in total. The third-order valence-corrected chi connectivity index (χ3v) is 6.61. The molecule has 0 bridgehead atoms. The predicted molar refractivity (Wildman–Crippen MR) is 137 cm³/mol. The highest BCUT2D eigenvalue weighted by Crippen LogP contribution is 2.31. The fourth-order valence-corrected chi connectivity index (χ4v) is 4.73. The summed E-state index contributed by atoms with van der Waals surface area (Å²) >= 11 is 7.55. The van der Waals surface area contributed by atoms with Crippen LogP contribution in [-0.4, -0.2) is 20.4 Å². The van der Waals surface area contributed by atoms with Crippen LogP contribution in [0.5, 0.6) is 0 Å². The SMILES string of the molecule is Cc1ccc2nc(-c3ccc(NC(=O)Cn4cnc(-c5ccc(Cl)cc5)cc4=O)cc3)sc2c1. The van der Waals surface area contributed by atoms with E-state index in [1.54, 1.807) is 35.6 Å². The molecule has 168 valence electrons. The number of hydrogen-bond acceptors (Lipinski definition) is 5. The van der Waals surface area contributed by atoms with Crippen LogP contribution in [-0.2, 0) is 11.3 Å². The lowest BCUT2D eigenvalue weighted by atomic mass is 10.1. The largest absolute Gasteiger partial charge is 0.325 e. The van der Waals surface area contributed by atoms with Crippen LogP contribution < -0.4 is 10.9 Å². The van der Waals surface area contributed by atoms with Gasteiger partial charge in [-0.2, -0.15) is 0 Å². The van der Waals surface area contributed by atoms with Crippen LogP contribution in [0.2, 0.25) is 5.02 Å². The van der Waals surface area contributed by atoms with Crippen molar-refractivity contribution >= 4 is 44.7 Å². The molecule has 0 saturated heterocycles. The third kappa shape index (κ3) is 4.76. The normalized spacial score (nSPS) is 11.0. The van der Waals surface area contributed by atoms with Gasteiger partial charge < -0.3 is 5.32 Å². The van der Waals surface area contributed by atoms with Gasteiger partial charge in [-0.15, -0.1) is 11.3 Å². The van der Waals surface area contributed by atoms with Gasteiger partial charge in [0, 0.05) is 27.9 Å². The molecule has 0 atom stereocenters. The van der Waals surface area contributed by atoms with Crippen molar-refractivity contribution in [2.75, 3.05) is 5.32 Å². The molecule has 6 nitrogen and oxygen atoms in total. The first kappa shape index (κ1) is 22.0. The van der Waals surface area contributed by atoms with Gasteiger partial charge in [0.15, 0.2) is 0 Å². The van der Waals surface area contributed by atoms with Gasteiger partial charge in [-0.1, -0.05) is 29.8 Å². The zero-order valence-electron chi connectivity index (χ0n) is 18.2. The quantitative estimate of drug-likeness (QED) is 0.341. The van der Waals surface area contributed by atoms with Crippen molar-refractivity contribution in [3.63, 3.8) is 0 Å². The average Bonchev–Trinajstić information content (AvgIpc) is 3.24. The van der Waals surface area contributed by atoms with Crippen molar-refractivity contribution in [2.24, 2.45) is 0 Å². The van der Waals surface area contributed by atoms with Gasteiger partial charge in [-0.05, 0) is 61.0 Å². The number of thiazole rings is 1. The summed E-state index contributed by atoms with van der Waals surface area (Å²) in [6, 6.07) is 22.2. The van der Waals surface area contributed by atoms with Crippen molar-refractivity contribution in [3.05, 3.63) is 100 Å². The molecule has 0 aliphatic rings. The predicted octanol–water partition coefficient (Wildman–Crippen LogP) is 5.79. The van der Waals surface area contributed by atoms with Gasteiger partial charge in [0.2, 0.25) is 5.91 Å². The second-order valence-corrected chi connectivity index (χ2v) is 9.33. The Morgan fingerprint density at radius 2 is 1.74 bits per heavy atom. The zero-order valence-corrected chi connectivity index (χ0v) is 19.7. The van der Waals surface area contributed by atoms with Crippen LogP contribution >= 0.6 is 22.9 Å². The smallest absolute Gasteiger partial charge is 0.254 e. The molecular formula is C26H19ClN4O2S.